The molecule has 0 aliphatic carbocycles. The van der Waals surface area contributed by atoms with Gasteiger partial charge in [-0.3, -0.25) is 0 Å². The lowest BCUT2D eigenvalue weighted by molar-refractivity contribution is 0.628. The molecule has 0 unspecified atom stereocenters. The van der Waals surface area contributed by atoms with E-state index in [1.54, 1.807) is 12.1 Å². The SMILES string of the molecule is CC(C)(C)Nc1cc(Nc2cccc(F)c2)nc(-c2ccccc2)n1. The van der Waals surface area contributed by atoms with Gasteiger partial charge in [-0.2, -0.15) is 0 Å². The highest BCUT2D eigenvalue weighted by atomic mass is 19.1. The third-order valence-electron chi connectivity index (χ3n) is 3.36. The number of rotatable bonds is 4. The first-order chi connectivity index (χ1) is 11.9. The fraction of sp³-hybridized carbons (Fsp3) is 0.200. The summed E-state index contributed by atoms with van der Waals surface area (Å²) in [6, 6.07) is 17.9. The van der Waals surface area contributed by atoms with Crippen molar-refractivity contribution in [2.24, 2.45) is 0 Å². The summed E-state index contributed by atoms with van der Waals surface area (Å²) in [6.45, 7) is 6.20. The van der Waals surface area contributed by atoms with Crippen LogP contribution in [0.2, 0.25) is 0 Å². The van der Waals surface area contributed by atoms with E-state index in [0.29, 0.717) is 23.1 Å². The Bertz CT molecular complexity index is 857. The van der Waals surface area contributed by atoms with Crippen LogP contribution < -0.4 is 10.6 Å². The van der Waals surface area contributed by atoms with Crippen molar-refractivity contribution in [3.8, 4) is 11.4 Å². The molecule has 3 aromatic rings. The van der Waals surface area contributed by atoms with E-state index in [2.05, 4.69) is 41.4 Å². The number of aromatic nitrogens is 2. The van der Waals surface area contributed by atoms with Crippen LogP contribution in [0.4, 0.5) is 21.7 Å². The first-order valence-electron chi connectivity index (χ1n) is 8.14. The summed E-state index contributed by atoms with van der Waals surface area (Å²) < 4.78 is 13.4. The average Bonchev–Trinajstić information content (AvgIpc) is 2.54. The second-order valence-electron chi connectivity index (χ2n) is 6.84. The Labute approximate surface area is 147 Å². The molecule has 0 spiro atoms. The minimum Gasteiger partial charge on any atom is -0.365 e. The van der Waals surface area contributed by atoms with Gasteiger partial charge in [-0.05, 0) is 39.0 Å². The molecule has 2 N–H and O–H groups in total. The van der Waals surface area contributed by atoms with Gasteiger partial charge in [0.05, 0.1) is 0 Å². The number of nitrogens with zero attached hydrogens (tertiary/aromatic N) is 2. The van der Waals surface area contributed by atoms with E-state index in [4.69, 9.17) is 0 Å². The number of hydrogen-bond acceptors (Lipinski definition) is 4. The van der Waals surface area contributed by atoms with E-state index < -0.39 is 0 Å². The van der Waals surface area contributed by atoms with Gasteiger partial charge in [0.15, 0.2) is 5.82 Å². The van der Waals surface area contributed by atoms with Crippen LogP contribution in [0, 0.1) is 5.82 Å². The largest absolute Gasteiger partial charge is 0.365 e. The summed E-state index contributed by atoms with van der Waals surface area (Å²) in [7, 11) is 0. The average molecular weight is 336 g/mol. The van der Waals surface area contributed by atoms with E-state index >= 15 is 0 Å². The van der Waals surface area contributed by atoms with Crippen LogP contribution in [0.3, 0.4) is 0 Å². The Morgan fingerprint density at radius 1 is 0.840 bits per heavy atom. The summed E-state index contributed by atoms with van der Waals surface area (Å²) in [5.41, 5.74) is 1.42. The van der Waals surface area contributed by atoms with Gasteiger partial charge in [-0.1, -0.05) is 36.4 Å². The summed E-state index contributed by atoms with van der Waals surface area (Å²) in [5, 5.41) is 6.51. The standard InChI is InChI=1S/C20H21FN4/c1-20(2,3)25-18-13-17(22-16-11-7-10-15(21)12-16)23-19(24-18)14-8-5-4-6-9-14/h4-13H,1-3H3,(H2,22,23,24,25). The number of nitrogens with one attached hydrogen (secondary N) is 2. The molecule has 0 bridgehead atoms. The minimum absolute atomic E-state index is 0.140. The van der Waals surface area contributed by atoms with Crippen LogP contribution in [0.25, 0.3) is 11.4 Å². The zero-order valence-electron chi connectivity index (χ0n) is 14.5. The van der Waals surface area contributed by atoms with Crippen LogP contribution in [-0.2, 0) is 0 Å². The molecule has 0 radical (unpaired) electrons. The van der Waals surface area contributed by atoms with Gasteiger partial charge in [-0.25, -0.2) is 14.4 Å². The third-order valence-corrected chi connectivity index (χ3v) is 3.36. The van der Waals surface area contributed by atoms with E-state index in [1.165, 1.54) is 12.1 Å². The Morgan fingerprint density at radius 3 is 2.24 bits per heavy atom. The van der Waals surface area contributed by atoms with E-state index in [0.717, 1.165) is 5.56 Å². The maximum atomic E-state index is 13.4. The molecule has 5 heteroatoms. The maximum Gasteiger partial charge on any atom is 0.163 e. The lowest BCUT2D eigenvalue weighted by Crippen LogP contribution is -2.26. The predicted octanol–water partition coefficient (Wildman–Crippen LogP) is 5.24. The monoisotopic (exact) mass is 336 g/mol. The van der Waals surface area contributed by atoms with Crippen LogP contribution >= 0.6 is 0 Å². The zero-order chi connectivity index (χ0) is 17.9. The van der Waals surface area contributed by atoms with Crippen LogP contribution in [0.15, 0.2) is 60.7 Å². The van der Waals surface area contributed by atoms with Crippen molar-refractivity contribution in [2.75, 3.05) is 10.6 Å². The third kappa shape index (κ3) is 4.76. The molecule has 3 rings (SSSR count). The molecule has 2 aromatic carbocycles. The van der Waals surface area contributed by atoms with Gasteiger partial charge < -0.3 is 10.6 Å². The predicted molar refractivity (Wildman–Crippen MR) is 101 cm³/mol. The highest BCUT2D eigenvalue weighted by Crippen LogP contribution is 2.24. The molecule has 0 atom stereocenters. The Kier molecular flexibility index (Phi) is 4.65. The van der Waals surface area contributed by atoms with Crippen molar-refractivity contribution in [3.63, 3.8) is 0 Å². The quantitative estimate of drug-likeness (QED) is 0.684. The van der Waals surface area contributed by atoms with E-state index in [-0.39, 0.29) is 11.4 Å². The van der Waals surface area contributed by atoms with Crippen molar-refractivity contribution >= 4 is 17.3 Å². The fourth-order valence-electron chi connectivity index (χ4n) is 2.39. The van der Waals surface area contributed by atoms with Gasteiger partial charge >= 0.3 is 0 Å². The molecular weight excluding hydrogens is 315 g/mol. The highest BCUT2D eigenvalue weighted by molar-refractivity contribution is 5.65. The molecule has 1 heterocycles. The highest BCUT2D eigenvalue weighted by Gasteiger charge is 2.13. The summed E-state index contributed by atoms with van der Waals surface area (Å²) in [6.07, 6.45) is 0. The van der Waals surface area contributed by atoms with Crippen LogP contribution in [0.5, 0.6) is 0 Å². The normalized spacial score (nSPS) is 11.2. The Hall–Kier alpha value is -2.95. The first kappa shape index (κ1) is 16.9. The maximum absolute atomic E-state index is 13.4. The lowest BCUT2D eigenvalue weighted by atomic mass is 10.1. The number of anilines is 3. The molecule has 0 fully saturated rings. The van der Waals surface area contributed by atoms with E-state index in [1.807, 2.05) is 36.4 Å². The molecule has 0 amide bonds. The van der Waals surface area contributed by atoms with Gasteiger partial charge in [0, 0.05) is 22.9 Å². The van der Waals surface area contributed by atoms with Crippen LogP contribution in [-0.4, -0.2) is 15.5 Å². The molecular formula is C20H21FN4. The Balaban J connectivity index is 2.00. The van der Waals surface area contributed by atoms with Gasteiger partial charge in [-0.15, -0.1) is 0 Å². The van der Waals surface area contributed by atoms with Crippen LogP contribution in [0.1, 0.15) is 20.8 Å². The van der Waals surface area contributed by atoms with Crippen molar-refractivity contribution in [1.29, 1.82) is 0 Å². The smallest absolute Gasteiger partial charge is 0.163 e. The van der Waals surface area contributed by atoms with Gasteiger partial charge in [0.25, 0.3) is 0 Å². The van der Waals surface area contributed by atoms with E-state index in [9.17, 15) is 4.39 Å². The molecule has 128 valence electrons. The molecule has 0 aliphatic rings. The molecule has 0 saturated carbocycles. The van der Waals surface area contributed by atoms with Gasteiger partial charge in [0.2, 0.25) is 0 Å². The van der Waals surface area contributed by atoms with Crippen molar-refractivity contribution in [1.82, 2.24) is 9.97 Å². The summed E-state index contributed by atoms with van der Waals surface area (Å²) >= 11 is 0. The van der Waals surface area contributed by atoms with Crippen molar-refractivity contribution in [3.05, 3.63) is 66.5 Å². The second kappa shape index (κ2) is 6.89. The minimum atomic E-state index is -0.296. The van der Waals surface area contributed by atoms with Crippen molar-refractivity contribution in [2.45, 2.75) is 26.3 Å². The number of benzene rings is 2. The first-order valence-corrected chi connectivity index (χ1v) is 8.14. The van der Waals surface area contributed by atoms with Crippen molar-refractivity contribution < 1.29 is 4.39 Å². The Morgan fingerprint density at radius 2 is 1.56 bits per heavy atom. The van der Waals surface area contributed by atoms with Gasteiger partial charge in [0.1, 0.15) is 17.5 Å². The number of halogens is 1. The second-order valence-corrected chi connectivity index (χ2v) is 6.84. The zero-order valence-corrected chi connectivity index (χ0v) is 14.5. The molecule has 1 aromatic heterocycles. The topological polar surface area (TPSA) is 49.8 Å². The lowest BCUT2D eigenvalue weighted by Gasteiger charge is -2.22. The molecule has 4 nitrogen and oxygen atoms in total. The summed E-state index contributed by atoms with van der Waals surface area (Å²) in [4.78, 5) is 9.19. The fourth-order valence-corrected chi connectivity index (χ4v) is 2.39. The number of hydrogen-bond donors (Lipinski definition) is 2. The molecule has 0 aliphatic heterocycles. The molecule has 0 saturated heterocycles. The molecule has 25 heavy (non-hydrogen) atoms. The summed E-state index contributed by atoms with van der Waals surface area (Å²) in [5.74, 6) is 1.62.